The third-order valence-corrected chi connectivity index (χ3v) is 2.57. The number of aromatic nitrogens is 1. The van der Waals surface area contributed by atoms with Crippen LogP contribution in [0.3, 0.4) is 0 Å². The van der Waals surface area contributed by atoms with E-state index in [1.807, 2.05) is 19.2 Å². The summed E-state index contributed by atoms with van der Waals surface area (Å²) in [4.78, 5) is 14.8. The highest BCUT2D eigenvalue weighted by molar-refractivity contribution is 5.73. The molecule has 0 atom stereocenters. The van der Waals surface area contributed by atoms with E-state index in [9.17, 15) is 4.79 Å². The summed E-state index contributed by atoms with van der Waals surface area (Å²) >= 11 is 0. The van der Waals surface area contributed by atoms with Gasteiger partial charge < -0.3 is 4.79 Å². The van der Waals surface area contributed by atoms with Gasteiger partial charge in [0.05, 0.1) is 5.41 Å². The molecule has 0 amide bonds. The second-order valence-electron chi connectivity index (χ2n) is 3.46. The molecule has 1 aliphatic carbocycles. The highest BCUT2D eigenvalue weighted by Gasteiger charge is 2.44. The van der Waals surface area contributed by atoms with Gasteiger partial charge in [0, 0.05) is 12.4 Å². The molecule has 1 saturated carbocycles. The Morgan fingerprint density at radius 2 is 2.33 bits per heavy atom. The van der Waals surface area contributed by atoms with Gasteiger partial charge in [0.1, 0.15) is 6.29 Å². The van der Waals surface area contributed by atoms with Crippen LogP contribution in [-0.4, -0.2) is 11.3 Å². The molecule has 1 aromatic heterocycles. The van der Waals surface area contributed by atoms with E-state index in [-0.39, 0.29) is 5.41 Å². The molecular formula is C10H11NO. The molecule has 1 heterocycles. The monoisotopic (exact) mass is 161 g/mol. The fourth-order valence-electron chi connectivity index (χ4n) is 1.62. The maximum Gasteiger partial charge on any atom is 0.130 e. The Bertz CT molecular complexity index is 315. The fraction of sp³-hybridized carbons (Fsp3) is 0.400. The first kappa shape index (κ1) is 7.47. The SMILES string of the molecule is Cc1cnccc1C1(C=O)CC1. The Balaban J connectivity index is 2.46. The van der Waals surface area contributed by atoms with Crippen LogP contribution in [0.25, 0.3) is 0 Å². The molecule has 0 saturated heterocycles. The molecule has 62 valence electrons. The summed E-state index contributed by atoms with van der Waals surface area (Å²) < 4.78 is 0. The summed E-state index contributed by atoms with van der Waals surface area (Å²) in [5.74, 6) is 0. The highest BCUT2D eigenvalue weighted by atomic mass is 16.1. The van der Waals surface area contributed by atoms with Crippen molar-refractivity contribution in [1.29, 1.82) is 0 Å². The van der Waals surface area contributed by atoms with Crippen molar-refractivity contribution in [3.05, 3.63) is 29.6 Å². The third kappa shape index (κ3) is 0.951. The van der Waals surface area contributed by atoms with Crippen LogP contribution in [0.1, 0.15) is 24.0 Å². The van der Waals surface area contributed by atoms with Gasteiger partial charge in [0.15, 0.2) is 0 Å². The number of rotatable bonds is 2. The van der Waals surface area contributed by atoms with Crippen LogP contribution in [0.2, 0.25) is 0 Å². The molecule has 2 nitrogen and oxygen atoms in total. The van der Waals surface area contributed by atoms with Gasteiger partial charge in [-0.2, -0.15) is 0 Å². The molecule has 2 heteroatoms. The Kier molecular flexibility index (Phi) is 1.50. The molecule has 0 aromatic carbocycles. The molecule has 0 spiro atoms. The molecule has 0 unspecified atom stereocenters. The number of hydrogen-bond acceptors (Lipinski definition) is 2. The summed E-state index contributed by atoms with van der Waals surface area (Å²) in [7, 11) is 0. The predicted octanol–water partition coefficient (Wildman–Crippen LogP) is 1.62. The molecule has 1 fully saturated rings. The van der Waals surface area contributed by atoms with Crippen LogP contribution in [-0.2, 0) is 10.2 Å². The number of carbonyl (C=O) groups is 1. The summed E-state index contributed by atoms with van der Waals surface area (Å²) in [5.41, 5.74) is 2.14. The zero-order valence-electron chi connectivity index (χ0n) is 7.08. The second kappa shape index (κ2) is 2.41. The first-order valence-electron chi connectivity index (χ1n) is 4.16. The number of pyridine rings is 1. The van der Waals surface area contributed by atoms with Crippen molar-refractivity contribution in [2.75, 3.05) is 0 Å². The molecule has 0 N–H and O–H groups in total. The normalized spacial score (nSPS) is 18.8. The molecule has 12 heavy (non-hydrogen) atoms. The van der Waals surface area contributed by atoms with Crippen LogP contribution >= 0.6 is 0 Å². The van der Waals surface area contributed by atoms with E-state index in [2.05, 4.69) is 4.98 Å². The lowest BCUT2D eigenvalue weighted by molar-refractivity contribution is -0.109. The molecule has 1 aliphatic rings. The van der Waals surface area contributed by atoms with E-state index in [1.54, 1.807) is 6.20 Å². The Morgan fingerprint density at radius 1 is 1.58 bits per heavy atom. The van der Waals surface area contributed by atoms with Gasteiger partial charge >= 0.3 is 0 Å². The quantitative estimate of drug-likeness (QED) is 0.617. The molecule has 2 rings (SSSR count). The van der Waals surface area contributed by atoms with Gasteiger partial charge in [-0.05, 0) is 37.0 Å². The summed E-state index contributed by atoms with van der Waals surface area (Å²) in [5, 5.41) is 0. The maximum absolute atomic E-state index is 10.8. The van der Waals surface area contributed by atoms with E-state index in [1.165, 1.54) is 0 Å². The third-order valence-electron chi connectivity index (χ3n) is 2.57. The summed E-state index contributed by atoms with van der Waals surface area (Å²) in [6, 6.07) is 1.96. The largest absolute Gasteiger partial charge is 0.302 e. The van der Waals surface area contributed by atoms with Gasteiger partial charge in [-0.3, -0.25) is 4.98 Å². The van der Waals surface area contributed by atoms with Crippen molar-refractivity contribution in [3.63, 3.8) is 0 Å². The number of carbonyl (C=O) groups excluding carboxylic acids is 1. The average molecular weight is 161 g/mol. The first-order valence-corrected chi connectivity index (χ1v) is 4.16. The first-order chi connectivity index (χ1) is 5.78. The van der Waals surface area contributed by atoms with Crippen molar-refractivity contribution in [2.45, 2.75) is 25.2 Å². The molecule has 1 aromatic rings. The van der Waals surface area contributed by atoms with Crippen molar-refractivity contribution in [3.8, 4) is 0 Å². The highest BCUT2D eigenvalue weighted by Crippen LogP contribution is 2.46. The summed E-state index contributed by atoms with van der Waals surface area (Å²) in [6.45, 7) is 2.01. The minimum atomic E-state index is -0.146. The Morgan fingerprint density at radius 3 is 2.83 bits per heavy atom. The van der Waals surface area contributed by atoms with Crippen LogP contribution in [0.4, 0.5) is 0 Å². The average Bonchev–Trinajstić information content (AvgIpc) is 2.86. The standard InChI is InChI=1S/C10H11NO/c1-8-6-11-5-2-9(8)10(7-12)3-4-10/h2,5-7H,3-4H2,1H3. The fourth-order valence-corrected chi connectivity index (χ4v) is 1.62. The minimum Gasteiger partial charge on any atom is -0.302 e. The van der Waals surface area contributed by atoms with E-state index in [4.69, 9.17) is 0 Å². The van der Waals surface area contributed by atoms with Gasteiger partial charge in [-0.15, -0.1) is 0 Å². The Hall–Kier alpha value is -1.18. The van der Waals surface area contributed by atoms with Crippen LogP contribution in [0.15, 0.2) is 18.5 Å². The molecule has 0 bridgehead atoms. The van der Waals surface area contributed by atoms with Crippen LogP contribution < -0.4 is 0 Å². The van der Waals surface area contributed by atoms with Gasteiger partial charge in [-0.1, -0.05) is 0 Å². The summed E-state index contributed by atoms with van der Waals surface area (Å²) in [6.07, 6.45) is 6.66. The topological polar surface area (TPSA) is 30.0 Å². The number of aldehydes is 1. The predicted molar refractivity (Wildman–Crippen MR) is 46.0 cm³/mol. The van der Waals surface area contributed by atoms with E-state index >= 15 is 0 Å². The number of aryl methyl sites for hydroxylation is 1. The van der Waals surface area contributed by atoms with Crippen LogP contribution in [0, 0.1) is 6.92 Å². The van der Waals surface area contributed by atoms with Crippen molar-refractivity contribution in [2.24, 2.45) is 0 Å². The molecular weight excluding hydrogens is 150 g/mol. The smallest absolute Gasteiger partial charge is 0.130 e. The van der Waals surface area contributed by atoms with E-state index in [0.29, 0.717) is 0 Å². The molecule has 0 radical (unpaired) electrons. The van der Waals surface area contributed by atoms with E-state index in [0.717, 1.165) is 30.3 Å². The second-order valence-corrected chi connectivity index (χ2v) is 3.46. The number of hydrogen-bond donors (Lipinski definition) is 0. The minimum absolute atomic E-state index is 0.146. The number of nitrogens with zero attached hydrogens (tertiary/aromatic N) is 1. The molecule has 0 aliphatic heterocycles. The lowest BCUT2D eigenvalue weighted by Gasteiger charge is -2.09. The van der Waals surface area contributed by atoms with Gasteiger partial charge in [0.2, 0.25) is 0 Å². The zero-order valence-corrected chi connectivity index (χ0v) is 7.08. The van der Waals surface area contributed by atoms with Crippen molar-refractivity contribution < 1.29 is 4.79 Å². The zero-order chi connectivity index (χ0) is 8.60. The lowest BCUT2D eigenvalue weighted by atomic mass is 9.95. The van der Waals surface area contributed by atoms with Gasteiger partial charge in [-0.25, -0.2) is 0 Å². The van der Waals surface area contributed by atoms with Gasteiger partial charge in [0.25, 0.3) is 0 Å². The maximum atomic E-state index is 10.8. The van der Waals surface area contributed by atoms with E-state index < -0.39 is 0 Å². The van der Waals surface area contributed by atoms with Crippen LogP contribution in [0.5, 0.6) is 0 Å². The van der Waals surface area contributed by atoms with Crippen molar-refractivity contribution in [1.82, 2.24) is 4.98 Å². The van der Waals surface area contributed by atoms with Crippen molar-refractivity contribution >= 4 is 6.29 Å². The Labute approximate surface area is 71.6 Å². The lowest BCUT2D eigenvalue weighted by Crippen LogP contribution is -2.09.